The summed E-state index contributed by atoms with van der Waals surface area (Å²) in [6, 6.07) is 0.415. The topological polar surface area (TPSA) is 54.3 Å². The van der Waals surface area contributed by atoms with Crippen molar-refractivity contribution in [2.75, 3.05) is 0 Å². The number of aromatic nitrogens is 1. The van der Waals surface area contributed by atoms with Gasteiger partial charge < -0.3 is 15.0 Å². The van der Waals surface area contributed by atoms with Gasteiger partial charge in [0.15, 0.2) is 0 Å². The van der Waals surface area contributed by atoms with Gasteiger partial charge >= 0.3 is 0 Å². The number of rotatable bonds is 3. The third-order valence-corrected chi connectivity index (χ3v) is 3.55. The van der Waals surface area contributed by atoms with Crippen LogP contribution in [-0.4, -0.2) is 21.6 Å². The van der Waals surface area contributed by atoms with Crippen molar-refractivity contribution in [1.82, 2.24) is 9.88 Å². The molecule has 0 spiro atoms. The molecule has 1 atom stereocenters. The molecule has 1 aromatic rings. The van der Waals surface area contributed by atoms with Crippen LogP contribution in [0, 0.1) is 0 Å². The molecule has 17 heavy (non-hydrogen) atoms. The van der Waals surface area contributed by atoms with Crippen molar-refractivity contribution in [1.29, 1.82) is 0 Å². The maximum atomic E-state index is 11.7. The van der Waals surface area contributed by atoms with Crippen LogP contribution in [0.1, 0.15) is 42.9 Å². The first-order valence-electron chi connectivity index (χ1n) is 6.38. The quantitative estimate of drug-likeness (QED) is 0.824. The molecule has 2 aliphatic rings. The number of carbonyl (C=O) groups excluding carboxylic acids is 1. The average Bonchev–Trinajstić information content (AvgIpc) is 2.97. The molecule has 0 bridgehead atoms. The van der Waals surface area contributed by atoms with E-state index < -0.39 is 0 Å². The van der Waals surface area contributed by atoms with Crippen LogP contribution in [0.15, 0.2) is 12.4 Å². The number of amides is 1. The van der Waals surface area contributed by atoms with Crippen molar-refractivity contribution in [3.8, 4) is 0 Å². The first kappa shape index (κ1) is 10.8. The fourth-order valence-corrected chi connectivity index (χ4v) is 2.48. The predicted octanol–water partition coefficient (Wildman–Crippen LogP) is 1.14. The molecule has 0 saturated heterocycles. The number of fused-ring (bicyclic) bond motifs is 1. The first-order chi connectivity index (χ1) is 8.22. The van der Waals surface area contributed by atoms with E-state index in [9.17, 15) is 9.90 Å². The van der Waals surface area contributed by atoms with Crippen LogP contribution in [-0.2, 0) is 17.8 Å². The Labute approximate surface area is 101 Å². The SMILES string of the molecule is O=C(Cn1cc2c(c1)C(O)CCC2)NC1CC1. The predicted molar refractivity (Wildman–Crippen MR) is 63.5 cm³/mol. The summed E-state index contributed by atoms with van der Waals surface area (Å²) in [5.41, 5.74) is 2.21. The van der Waals surface area contributed by atoms with Crippen LogP contribution < -0.4 is 5.32 Å². The lowest BCUT2D eigenvalue weighted by atomic mass is 9.93. The minimum atomic E-state index is -0.341. The first-order valence-corrected chi connectivity index (χ1v) is 6.38. The van der Waals surface area contributed by atoms with E-state index in [-0.39, 0.29) is 12.0 Å². The van der Waals surface area contributed by atoms with E-state index >= 15 is 0 Å². The van der Waals surface area contributed by atoms with Gasteiger partial charge in [0.05, 0.1) is 6.10 Å². The second kappa shape index (κ2) is 4.18. The van der Waals surface area contributed by atoms with Crippen LogP contribution in [0.25, 0.3) is 0 Å². The van der Waals surface area contributed by atoms with E-state index in [2.05, 4.69) is 5.32 Å². The van der Waals surface area contributed by atoms with Crippen LogP contribution >= 0.6 is 0 Å². The molecule has 0 aromatic carbocycles. The summed E-state index contributed by atoms with van der Waals surface area (Å²) in [5, 5.41) is 12.8. The van der Waals surface area contributed by atoms with Gasteiger partial charge in [0.1, 0.15) is 6.54 Å². The molecule has 1 fully saturated rings. The monoisotopic (exact) mass is 234 g/mol. The molecular weight excluding hydrogens is 216 g/mol. The summed E-state index contributed by atoms with van der Waals surface area (Å²) >= 11 is 0. The molecule has 0 radical (unpaired) electrons. The smallest absolute Gasteiger partial charge is 0.240 e. The maximum absolute atomic E-state index is 11.7. The summed E-state index contributed by atoms with van der Waals surface area (Å²) in [4.78, 5) is 11.7. The number of aliphatic hydroxyl groups excluding tert-OH is 1. The van der Waals surface area contributed by atoms with Gasteiger partial charge in [-0.25, -0.2) is 0 Å². The second-order valence-electron chi connectivity index (χ2n) is 5.16. The molecule has 2 N–H and O–H groups in total. The Morgan fingerprint density at radius 3 is 2.94 bits per heavy atom. The molecule has 1 saturated carbocycles. The van der Waals surface area contributed by atoms with Gasteiger partial charge in [0.25, 0.3) is 0 Å². The minimum Gasteiger partial charge on any atom is -0.388 e. The second-order valence-corrected chi connectivity index (χ2v) is 5.16. The standard InChI is InChI=1S/C13H18N2O2/c16-12-3-1-2-9-6-15(7-11(9)12)8-13(17)14-10-4-5-10/h6-7,10,12,16H,1-5,8H2,(H,14,17). The van der Waals surface area contributed by atoms with E-state index in [0.29, 0.717) is 12.6 Å². The van der Waals surface area contributed by atoms with Gasteiger partial charge in [-0.05, 0) is 37.7 Å². The van der Waals surface area contributed by atoms with Crippen LogP contribution in [0.2, 0.25) is 0 Å². The molecule has 1 unspecified atom stereocenters. The molecule has 1 aromatic heterocycles. The van der Waals surface area contributed by atoms with Gasteiger partial charge in [-0.3, -0.25) is 4.79 Å². The Morgan fingerprint density at radius 2 is 2.24 bits per heavy atom. The van der Waals surface area contributed by atoms with Gasteiger partial charge in [0, 0.05) is 24.0 Å². The third-order valence-electron chi connectivity index (χ3n) is 3.55. The zero-order chi connectivity index (χ0) is 11.8. The van der Waals surface area contributed by atoms with Crippen LogP contribution in [0.4, 0.5) is 0 Å². The number of aryl methyl sites for hydroxylation is 1. The summed E-state index contributed by atoms with van der Waals surface area (Å²) in [6.07, 6.45) is 8.71. The number of nitrogens with zero attached hydrogens (tertiary/aromatic N) is 1. The van der Waals surface area contributed by atoms with E-state index in [0.717, 1.165) is 37.7 Å². The van der Waals surface area contributed by atoms with Crippen molar-refractivity contribution in [3.05, 3.63) is 23.5 Å². The molecule has 4 heteroatoms. The highest BCUT2D eigenvalue weighted by molar-refractivity contribution is 5.76. The summed E-state index contributed by atoms with van der Waals surface area (Å²) in [7, 11) is 0. The lowest BCUT2D eigenvalue weighted by Gasteiger charge is -2.16. The minimum absolute atomic E-state index is 0.0781. The number of nitrogens with one attached hydrogen (secondary N) is 1. The van der Waals surface area contributed by atoms with Gasteiger partial charge in [-0.15, -0.1) is 0 Å². The van der Waals surface area contributed by atoms with Gasteiger partial charge in [-0.2, -0.15) is 0 Å². The number of hydrogen-bond donors (Lipinski definition) is 2. The highest BCUT2D eigenvalue weighted by Gasteiger charge is 2.24. The lowest BCUT2D eigenvalue weighted by Crippen LogP contribution is -2.28. The third kappa shape index (κ3) is 2.36. The average molecular weight is 234 g/mol. The molecule has 2 aliphatic carbocycles. The van der Waals surface area contributed by atoms with E-state index in [1.54, 1.807) is 0 Å². The highest BCUT2D eigenvalue weighted by Crippen LogP contribution is 2.30. The zero-order valence-corrected chi connectivity index (χ0v) is 9.85. The van der Waals surface area contributed by atoms with Crippen molar-refractivity contribution in [3.63, 3.8) is 0 Å². The highest BCUT2D eigenvalue weighted by atomic mass is 16.3. The normalized spacial score (nSPS) is 23.2. The number of aliphatic hydroxyl groups is 1. The van der Waals surface area contributed by atoms with Crippen molar-refractivity contribution in [2.24, 2.45) is 0 Å². The maximum Gasteiger partial charge on any atom is 0.240 e. The van der Waals surface area contributed by atoms with Gasteiger partial charge in [-0.1, -0.05) is 0 Å². The summed E-state index contributed by atoms with van der Waals surface area (Å²) in [6.45, 7) is 0.371. The summed E-state index contributed by atoms with van der Waals surface area (Å²) < 4.78 is 1.90. The molecule has 1 amide bonds. The molecule has 4 nitrogen and oxygen atoms in total. The Kier molecular flexibility index (Phi) is 2.67. The Hall–Kier alpha value is -1.29. The summed E-state index contributed by atoms with van der Waals surface area (Å²) in [5.74, 6) is 0.0781. The molecule has 0 aliphatic heterocycles. The fourth-order valence-electron chi connectivity index (χ4n) is 2.48. The van der Waals surface area contributed by atoms with Crippen molar-refractivity contribution in [2.45, 2.75) is 50.8 Å². The van der Waals surface area contributed by atoms with E-state index in [1.807, 2.05) is 17.0 Å². The molecular formula is C13H18N2O2. The van der Waals surface area contributed by atoms with E-state index in [4.69, 9.17) is 0 Å². The number of carbonyl (C=O) groups is 1. The Bertz CT molecular complexity index is 435. The molecule has 92 valence electrons. The fraction of sp³-hybridized carbons (Fsp3) is 0.615. The number of hydrogen-bond acceptors (Lipinski definition) is 2. The van der Waals surface area contributed by atoms with Crippen molar-refractivity contribution >= 4 is 5.91 Å². The Morgan fingerprint density at radius 1 is 1.41 bits per heavy atom. The van der Waals surface area contributed by atoms with Crippen LogP contribution in [0.5, 0.6) is 0 Å². The van der Waals surface area contributed by atoms with Crippen molar-refractivity contribution < 1.29 is 9.90 Å². The molecule has 3 rings (SSSR count). The van der Waals surface area contributed by atoms with Crippen LogP contribution in [0.3, 0.4) is 0 Å². The lowest BCUT2D eigenvalue weighted by molar-refractivity contribution is -0.121. The Balaban J connectivity index is 1.68. The zero-order valence-electron chi connectivity index (χ0n) is 9.85. The largest absolute Gasteiger partial charge is 0.388 e. The van der Waals surface area contributed by atoms with E-state index in [1.165, 1.54) is 5.56 Å². The van der Waals surface area contributed by atoms with Gasteiger partial charge in [0.2, 0.25) is 5.91 Å². The molecule has 1 heterocycles.